The van der Waals surface area contributed by atoms with Crippen LogP contribution in [0.2, 0.25) is 0 Å². The highest BCUT2D eigenvalue weighted by Gasteiger charge is 2.59. The van der Waals surface area contributed by atoms with Crippen molar-refractivity contribution in [2.75, 3.05) is 0 Å². The topological polar surface area (TPSA) is 60.4 Å². The standard InChI is InChI=1S/C27H44O3/c1-17(6-5-7-18(2)25(29)30)22-10-11-23-21-9-8-19-16-20(28)12-14-26(19,3)24(21)13-15-27(22,23)4/h8,17-18,20-24,28H,5-7,9-16H2,1-4H3,(H,29,30)/p-1/t17-,18-,20+,21+,22-,23+,24+,26+,27-/m1/s1. The third kappa shape index (κ3) is 3.67. The number of fused-ring (bicyclic) bond motifs is 5. The van der Waals surface area contributed by atoms with Gasteiger partial charge in [0.25, 0.3) is 0 Å². The van der Waals surface area contributed by atoms with E-state index >= 15 is 0 Å². The van der Waals surface area contributed by atoms with Crippen LogP contribution in [0, 0.1) is 46.3 Å². The normalized spacial score (nSPS) is 45.0. The van der Waals surface area contributed by atoms with E-state index in [0.717, 1.165) is 55.8 Å². The van der Waals surface area contributed by atoms with Crippen molar-refractivity contribution in [2.24, 2.45) is 46.3 Å². The van der Waals surface area contributed by atoms with Crippen LogP contribution in [-0.4, -0.2) is 17.2 Å². The molecule has 4 aliphatic carbocycles. The lowest BCUT2D eigenvalue weighted by Gasteiger charge is -2.58. The number of rotatable bonds is 6. The highest BCUT2D eigenvalue weighted by Crippen LogP contribution is 2.67. The minimum absolute atomic E-state index is 0.119. The van der Waals surface area contributed by atoms with E-state index < -0.39 is 5.97 Å². The highest BCUT2D eigenvalue weighted by molar-refractivity contribution is 5.66. The number of aliphatic hydroxyl groups is 1. The quantitative estimate of drug-likeness (QED) is 0.613. The average Bonchev–Trinajstić information content (AvgIpc) is 3.05. The molecule has 30 heavy (non-hydrogen) atoms. The van der Waals surface area contributed by atoms with Gasteiger partial charge in [-0.2, -0.15) is 0 Å². The Hall–Kier alpha value is -0.830. The van der Waals surface area contributed by atoms with Crippen molar-refractivity contribution in [2.45, 2.75) is 104 Å². The maximum atomic E-state index is 11.0. The van der Waals surface area contributed by atoms with E-state index in [4.69, 9.17) is 0 Å². The van der Waals surface area contributed by atoms with E-state index in [-0.39, 0.29) is 12.0 Å². The fraction of sp³-hybridized carbons (Fsp3) is 0.889. The molecule has 0 bridgehead atoms. The van der Waals surface area contributed by atoms with Crippen LogP contribution in [0.1, 0.15) is 98.3 Å². The number of allylic oxidation sites excluding steroid dienone is 1. The summed E-state index contributed by atoms with van der Waals surface area (Å²) < 4.78 is 0. The van der Waals surface area contributed by atoms with Crippen molar-refractivity contribution in [3.05, 3.63) is 11.6 Å². The minimum Gasteiger partial charge on any atom is -0.550 e. The number of hydrogen-bond acceptors (Lipinski definition) is 3. The van der Waals surface area contributed by atoms with Crippen LogP contribution in [0.25, 0.3) is 0 Å². The molecule has 4 aliphatic rings. The lowest BCUT2D eigenvalue weighted by Crippen LogP contribution is -2.50. The lowest BCUT2D eigenvalue weighted by molar-refractivity contribution is -0.311. The lowest BCUT2D eigenvalue weighted by atomic mass is 9.47. The second kappa shape index (κ2) is 8.26. The summed E-state index contributed by atoms with van der Waals surface area (Å²) >= 11 is 0. The summed E-state index contributed by atoms with van der Waals surface area (Å²) in [4.78, 5) is 11.0. The number of carboxylic acids is 1. The van der Waals surface area contributed by atoms with Gasteiger partial charge >= 0.3 is 0 Å². The average molecular weight is 416 g/mol. The van der Waals surface area contributed by atoms with Crippen molar-refractivity contribution in [1.29, 1.82) is 0 Å². The van der Waals surface area contributed by atoms with Gasteiger partial charge in [-0.25, -0.2) is 0 Å². The molecule has 0 radical (unpaired) electrons. The minimum atomic E-state index is -0.901. The number of carbonyl (C=O) groups is 1. The Balaban J connectivity index is 1.44. The first kappa shape index (κ1) is 22.4. The van der Waals surface area contributed by atoms with E-state index in [9.17, 15) is 15.0 Å². The zero-order chi connectivity index (χ0) is 21.7. The summed E-state index contributed by atoms with van der Waals surface area (Å²) in [5, 5.41) is 21.2. The molecule has 0 aromatic rings. The van der Waals surface area contributed by atoms with Crippen LogP contribution in [0.4, 0.5) is 0 Å². The molecular weight excluding hydrogens is 372 g/mol. The van der Waals surface area contributed by atoms with Crippen LogP contribution in [0.15, 0.2) is 11.6 Å². The zero-order valence-electron chi connectivity index (χ0n) is 19.7. The maximum Gasteiger partial charge on any atom is 0.0577 e. The van der Waals surface area contributed by atoms with Crippen molar-refractivity contribution in [1.82, 2.24) is 0 Å². The molecule has 9 atom stereocenters. The van der Waals surface area contributed by atoms with Crippen molar-refractivity contribution in [3.63, 3.8) is 0 Å². The van der Waals surface area contributed by atoms with Gasteiger partial charge < -0.3 is 15.0 Å². The molecule has 3 heteroatoms. The number of aliphatic hydroxyl groups excluding tert-OH is 1. The Morgan fingerprint density at radius 3 is 2.63 bits per heavy atom. The van der Waals surface area contributed by atoms with E-state index in [1.165, 1.54) is 38.5 Å². The van der Waals surface area contributed by atoms with Gasteiger partial charge in [0.15, 0.2) is 0 Å². The molecule has 0 aliphatic heterocycles. The van der Waals surface area contributed by atoms with Crippen LogP contribution >= 0.6 is 0 Å². The zero-order valence-corrected chi connectivity index (χ0v) is 19.7. The molecule has 0 amide bonds. The SMILES string of the molecule is C[C@H](CCC[C@@H](C)[C@H]1CC[C@H]2[C@@H]3CC=C4C[C@@H](O)CC[C@]4(C)[C@H]3CC[C@]12C)C(=O)[O-]. The van der Waals surface area contributed by atoms with Gasteiger partial charge in [0, 0.05) is 5.97 Å². The summed E-state index contributed by atoms with van der Waals surface area (Å²) in [6.07, 6.45) is 15.0. The first-order valence-corrected chi connectivity index (χ1v) is 12.7. The third-order valence-electron chi connectivity index (χ3n) is 10.5. The molecule has 0 saturated heterocycles. The summed E-state index contributed by atoms with van der Waals surface area (Å²) in [6.45, 7) is 9.32. The van der Waals surface area contributed by atoms with Crippen LogP contribution < -0.4 is 5.11 Å². The number of aliphatic carboxylic acids is 1. The Labute approximate surface area is 183 Å². The Kier molecular flexibility index (Phi) is 6.16. The summed E-state index contributed by atoms with van der Waals surface area (Å²) in [7, 11) is 0. The van der Waals surface area contributed by atoms with Crippen LogP contribution in [0.3, 0.4) is 0 Å². The molecule has 3 saturated carbocycles. The Morgan fingerprint density at radius 1 is 1.13 bits per heavy atom. The van der Waals surface area contributed by atoms with Gasteiger partial charge in [-0.15, -0.1) is 0 Å². The Bertz CT molecular complexity index is 684. The molecule has 0 spiro atoms. The van der Waals surface area contributed by atoms with Gasteiger partial charge in [0.1, 0.15) is 0 Å². The molecular formula is C27H43O3-. The molecule has 170 valence electrons. The molecule has 3 nitrogen and oxygen atoms in total. The van der Waals surface area contributed by atoms with Crippen molar-refractivity contribution < 1.29 is 15.0 Å². The predicted molar refractivity (Wildman–Crippen MR) is 118 cm³/mol. The number of hydrogen-bond donors (Lipinski definition) is 1. The maximum absolute atomic E-state index is 11.0. The molecule has 1 N–H and O–H groups in total. The van der Waals surface area contributed by atoms with Gasteiger partial charge in [0.05, 0.1) is 6.10 Å². The van der Waals surface area contributed by atoms with Gasteiger partial charge in [-0.05, 0) is 104 Å². The Morgan fingerprint density at radius 2 is 1.90 bits per heavy atom. The molecule has 0 aromatic heterocycles. The molecule has 0 heterocycles. The monoisotopic (exact) mass is 415 g/mol. The second-order valence-electron chi connectivity index (χ2n) is 12.0. The summed E-state index contributed by atoms with van der Waals surface area (Å²) in [5.74, 6) is 2.71. The smallest absolute Gasteiger partial charge is 0.0577 e. The molecule has 3 fully saturated rings. The van der Waals surface area contributed by atoms with Crippen molar-refractivity contribution >= 4 is 5.97 Å². The third-order valence-corrected chi connectivity index (χ3v) is 10.5. The first-order chi connectivity index (χ1) is 14.2. The molecule has 4 rings (SSSR count). The van der Waals surface area contributed by atoms with E-state index in [2.05, 4.69) is 26.8 Å². The van der Waals surface area contributed by atoms with E-state index in [1.54, 1.807) is 12.5 Å². The second-order valence-corrected chi connectivity index (χ2v) is 12.0. The fourth-order valence-corrected chi connectivity index (χ4v) is 8.68. The first-order valence-electron chi connectivity index (χ1n) is 12.7. The van der Waals surface area contributed by atoms with E-state index in [1.807, 2.05) is 0 Å². The highest BCUT2D eigenvalue weighted by atomic mass is 16.4. The van der Waals surface area contributed by atoms with E-state index in [0.29, 0.717) is 16.7 Å². The van der Waals surface area contributed by atoms with Gasteiger partial charge in [0.2, 0.25) is 0 Å². The molecule has 0 unspecified atom stereocenters. The number of carboxylic acid groups (broad SMARTS) is 1. The number of carbonyl (C=O) groups excluding carboxylic acids is 1. The van der Waals surface area contributed by atoms with Crippen LogP contribution in [-0.2, 0) is 4.79 Å². The van der Waals surface area contributed by atoms with Gasteiger partial charge in [-0.3, -0.25) is 0 Å². The van der Waals surface area contributed by atoms with Crippen LogP contribution in [0.5, 0.6) is 0 Å². The predicted octanol–water partition coefficient (Wildman–Crippen LogP) is 5.12. The fourth-order valence-electron chi connectivity index (χ4n) is 8.68. The summed E-state index contributed by atoms with van der Waals surface area (Å²) in [6, 6.07) is 0. The molecule has 0 aromatic carbocycles. The largest absolute Gasteiger partial charge is 0.550 e. The van der Waals surface area contributed by atoms with Gasteiger partial charge in [-0.1, -0.05) is 52.2 Å². The van der Waals surface area contributed by atoms with Crippen molar-refractivity contribution in [3.8, 4) is 0 Å². The summed E-state index contributed by atoms with van der Waals surface area (Å²) in [5.41, 5.74) is 2.35.